The van der Waals surface area contributed by atoms with Crippen LogP contribution in [-0.4, -0.2) is 17.0 Å². The second-order valence-electron chi connectivity index (χ2n) is 5.02. The summed E-state index contributed by atoms with van der Waals surface area (Å²) >= 11 is 0. The van der Waals surface area contributed by atoms with Gasteiger partial charge in [-0.25, -0.2) is 13.6 Å². The number of nitrogens with one attached hydrogen (secondary N) is 1. The molecule has 0 atom stereocenters. The molecule has 2 rings (SSSR count). The average molecular weight is 331 g/mol. The molecule has 0 bridgehead atoms. The van der Waals surface area contributed by atoms with Gasteiger partial charge in [-0.3, -0.25) is 4.79 Å². The first kappa shape index (κ1) is 17.3. The molecule has 124 valence electrons. The lowest BCUT2D eigenvalue weighted by Crippen LogP contribution is -2.13. The molecule has 0 spiro atoms. The monoisotopic (exact) mass is 331 g/mol. The molecule has 4 nitrogen and oxygen atoms in total. The maximum Gasteiger partial charge on any atom is 0.337 e. The van der Waals surface area contributed by atoms with Gasteiger partial charge >= 0.3 is 5.97 Å². The number of rotatable bonds is 5. The Morgan fingerprint density at radius 2 is 1.67 bits per heavy atom. The summed E-state index contributed by atoms with van der Waals surface area (Å²) in [5.41, 5.74) is 1.14. The van der Waals surface area contributed by atoms with Gasteiger partial charge in [-0.1, -0.05) is 31.2 Å². The Kier molecular flexibility index (Phi) is 5.42. The van der Waals surface area contributed by atoms with Crippen molar-refractivity contribution in [1.29, 1.82) is 0 Å². The Labute approximate surface area is 137 Å². The Morgan fingerprint density at radius 1 is 1.04 bits per heavy atom. The maximum atomic E-state index is 13.2. The molecule has 2 N–H and O–H groups in total. The van der Waals surface area contributed by atoms with Crippen LogP contribution in [0.1, 0.15) is 34.8 Å². The number of benzene rings is 2. The third kappa shape index (κ3) is 4.25. The van der Waals surface area contributed by atoms with Gasteiger partial charge in [0.15, 0.2) is 11.6 Å². The van der Waals surface area contributed by atoms with E-state index in [-0.39, 0.29) is 23.6 Å². The van der Waals surface area contributed by atoms with Crippen LogP contribution in [0.3, 0.4) is 0 Å². The minimum absolute atomic E-state index is 0.0516. The molecule has 0 saturated carbocycles. The third-order valence-electron chi connectivity index (χ3n) is 3.28. The lowest BCUT2D eigenvalue weighted by Gasteiger charge is -2.08. The van der Waals surface area contributed by atoms with Crippen LogP contribution in [-0.2, 0) is 4.79 Å². The zero-order valence-electron chi connectivity index (χ0n) is 12.8. The quantitative estimate of drug-likeness (QED) is 0.808. The van der Waals surface area contributed by atoms with Crippen molar-refractivity contribution in [2.24, 2.45) is 0 Å². The van der Waals surface area contributed by atoms with Crippen LogP contribution in [0.4, 0.5) is 14.5 Å². The van der Waals surface area contributed by atoms with Crippen molar-refractivity contribution < 1.29 is 23.5 Å². The number of amides is 1. The van der Waals surface area contributed by atoms with Crippen LogP contribution in [0.5, 0.6) is 0 Å². The van der Waals surface area contributed by atoms with E-state index in [1.807, 2.05) is 0 Å². The zero-order chi connectivity index (χ0) is 17.7. The summed E-state index contributed by atoms with van der Waals surface area (Å²) in [5, 5.41) is 11.8. The normalized spacial score (nSPS) is 10.8. The molecule has 0 aromatic heterocycles. The Bertz CT molecular complexity index is 816. The van der Waals surface area contributed by atoms with E-state index in [1.165, 1.54) is 24.3 Å². The van der Waals surface area contributed by atoms with Crippen LogP contribution in [0, 0.1) is 11.6 Å². The van der Waals surface area contributed by atoms with Gasteiger partial charge in [0, 0.05) is 6.42 Å². The van der Waals surface area contributed by atoms with E-state index in [4.69, 9.17) is 0 Å². The number of carbonyl (C=O) groups is 2. The van der Waals surface area contributed by atoms with E-state index < -0.39 is 17.6 Å². The molecule has 0 aliphatic rings. The molecule has 0 fully saturated rings. The molecule has 0 heterocycles. The van der Waals surface area contributed by atoms with Gasteiger partial charge in [-0.05, 0) is 35.4 Å². The highest BCUT2D eigenvalue weighted by Crippen LogP contribution is 2.20. The molecular weight excluding hydrogens is 316 g/mol. The standard InChI is InChI=1S/C18H15F2NO3/c1-2-17(22)21-16-8-6-11(9-13(16)18(23)24)3-4-12-5-7-14(19)15(20)10-12/h3-10H,2H2,1H3,(H,21,22)(H,23,24)/b4-3+. The topological polar surface area (TPSA) is 66.4 Å². The molecular formula is C18H15F2NO3. The predicted octanol–water partition coefficient (Wildman–Crippen LogP) is 4.18. The van der Waals surface area contributed by atoms with E-state index >= 15 is 0 Å². The van der Waals surface area contributed by atoms with Crippen molar-refractivity contribution in [3.63, 3.8) is 0 Å². The van der Waals surface area contributed by atoms with Crippen molar-refractivity contribution in [2.75, 3.05) is 5.32 Å². The fraction of sp³-hybridized carbons (Fsp3) is 0.111. The number of anilines is 1. The van der Waals surface area contributed by atoms with Crippen molar-refractivity contribution in [3.8, 4) is 0 Å². The summed E-state index contributed by atoms with van der Waals surface area (Å²) in [5.74, 6) is -3.36. The van der Waals surface area contributed by atoms with Crippen molar-refractivity contribution >= 4 is 29.7 Å². The van der Waals surface area contributed by atoms with Crippen LogP contribution >= 0.6 is 0 Å². The third-order valence-corrected chi connectivity index (χ3v) is 3.28. The van der Waals surface area contributed by atoms with Crippen LogP contribution < -0.4 is 5.32 Å². The molecule has 0 unspecified atom stereocenters. The summed E-state index contributed by atoms with van der Waals surface area (Å²) in [6.45, 7) is 1.66. The first-order valence-electron chi connectivity index (χ1n) is 7.21. The second kappa shape index (κ2) is 7.50. The van der Waals surface area contributed by atoms with Gasteiger partial charge in [0.2, 0.25) is 5.91 Å². The van der Waals surface area contributed by atoms with E-state index in [2.05, 4.69) is 5.32 Å². The average Bonchev–Trinajstić information content (AvgIpc) is 2.56. The predicted molar refractivity (Wildman–Crippen MR) is 87.6 cm³/mol. The first-order chi connectivity index (χ1) is 11.4. The number of aromatic carboxylic acids is 1. The largest absolute Gasteiger partial charge is 0.478 e. The number of hydrogen-bond acceptors (Lipinski definition) is 2. The zero-order valence-corrected chi connectivity index (χ0v) is 12.8. The van der Waals surface area contributed by atoms with Gasteiger partial charge in [0.05, 0.1) is 11.3 Å². The van der Waals surface area contributed by atoms with Gasteiger partial charge in [-0.2, -0.15) is 0 Å². The molecule has 2 aromatic carbocycles. The van der Waals surface area contributed by atoms with Crippen molar-refractivity contribution in [1.82, 2.24) is 0 Å². The van der Waals surface area contributed by atoms with Crippen LogP contribution in [0.25, 0.3) is 12.2 Å². The van der Waals surface area contributed by atoms with Crippen molar-refractivity contribution in [3.05, 3.63) is 64.7 Å². The highest BCUT2D eigenvalue weighted by molar-refractivity contribution is 6.01. The maximum absolute atomic E-state index is 13.2. The summed E-state index contributed by atoms with van der Waals surface area (Å²) in [7, 11) is 0. The van der Waals surface area contributed by atoms with Gasteiger partial charge in [-0.15, -0.1) is 0 Å². The molecule has 0 aliphatic carbocycles. The molecule has 6 heteroatoms. The number of halogens is 2. The van der Waals surface area contributed by atoms with Gasteiger partial charge < -0.3 is 10.4 Å². The molecule has 0 aliphatic heterocycles. The molecule has 2 aromatic rings. The van der Waals surface area contributed by atoms with E-state index in [1.54, 1.807) is 19.1 Å². The molecule has 24 heavy (non-hydrogen) atoms. The molecule has 0 radical (unpaired) electrons. The minimum atomic E-state index is -1.18. The smallest absolute Gasteiger partial charge is 0.337 e. The summed E-state index contributed by atoms with van der Waals surface area (Å²) in [6, 6.07) is 7.96. The Hall–Kier alpha value is -3.02. The fourth-order valence-electron chi connectivity index (χ4n) is 2.00. The van der Waals surface area contributed by atoms with E-state index in [9.17, 15) is 23.5 Å². The SMILES string of the molecule is CCC(=O)Nc1ccc(/C=C/c2ccc(F)c(F)c2)cc1C(=O)O. The lowest BCUT2D eigenvalue weighted by molar-refractivity contribution is -0.115. The number of carboxylic acid groups (broad SMARTS) is 1. The van der Waals surface area contributed by atoms with Crippen LogP contribution in [0.2, 0.25) is 0 Å². The van der Waals surface area contributed by atoms with Crippen LogP contribution in [0.15, 0.2) is 36.4 Å². The van der Waals surface area contributed by atoms with Gasteiger partial charge in [0.25, 0.3) is 0 Å². The first-order valence-corrected chi connectivity index (χ1v) is 7.21. The van der Waals surface area contributed by atoms with Crippen molar-refractivity contribution in [2.45, 2.75) is 13.3 Å². The number of carbonyl (C=O) groups excluding carboxylic acids is 1. The second-order valence-corrected chi connectivity index (χ2v) is 5.02. The summed E-state index contributed by atoms with van der Waals surface area (Å²) in [4.78, 5) is 22.8. The fourth-order valence-corrected chi connectivity index (χ4v) is 2.00. The number of hydrogen-bond donors (Lipinski definition) is 2. The molecule has 0 saturated heterocycles. The molecule has 1 amide bonds. The number of carboxylic acids is 1. The van der Waals surface area contributed by atoms with Gasteiger partial charge in [0.1, 0.15) is 0 Å². The Morgan fingerprint density at radius 3 is 2.25 bits per heavy atom. The Balaban J connectivity index is 2.29. The van der Waals surface area contributed by atoms with E-state index in [0.717, 1.165) is 12.1 Å². The minimum Gasteiger partial charge on any atom is -0.478 e. The summed E-state index contributed by atoms with van der Waals surface area (Å²) < 4.78 is 26.0. The highest BCUT2D eigenvalue weighted by atomic mass is 19.2. The van der Waals surface area contributed by atoms with E-state index in [0.29, 0.717) is 11.1 Å². The summed E-state index contributed by atoms with van der Waals surface area (Å²) in [6.07, 6.45) is 3.34. The lowest BCUT2D eigenvalue weighted by atomic mass is 10.1. The highest BCUT2D eigenvalue weighted by Gasteiger charge is 2.12.